The number of nitrogens with zero attached hydrogens (tertiary/aromatic N) is 1. The van der Waals surface area contributed by atoms with E-state index in [9.17, 15) is 4.39 Å². The topological polar surface area (TPSA) is 24.5 Å². The van der Waals surface area contributed by atoms with Crippen LogP contribution in [0.3, 0.4) is 0 Å². The van der Waals surface area contributed by atoms with Gasteiger partial charge in [-0.1, -0.05) is 48.0 Å². The van der Waals surface area contributed by atoms with E-state index in [-0.39, 0.29) is 11.9 Å². The molecule has 2 aromatic carbocycles. The van der Waals surface area contributed by atoms with Crippen LogP contribution in [0.5, 0.6) is 0 Å². The Morgan fingerprint density at radius 3 is 2.50 bits per heavy atom. The molecular weight excluding hydrogens is 303 g/mol. The van der Waals surface area contributed by atoms with Crippen molar-refractivity contribution in [1.29, 1.82) is 0 Å². The average molecular weight is 328 g/mol. The summed E-state index contributed by atoms with van der Waals surface area (Å²) >= 11 is 0. The highest BCUT2D eigenvalue weighted by molar-refractivity contribution is 5.25. The third-order valence-corrected chi connectivity index (χ3v) is 4.56. The number of hydrogen-bond donors (Lipinski definition) is 1. The van der Waals surface area contributed by atoms with Gasteiger partial charge in [-0.05, 0) is 18.6 Å². The van der Waals surface area contributed by atoms with Crippen molar-refractivity contribution in [3.05, 3.63) is 71.0 Å². The van der Waals surface area contributed by atoms with Crippen LogP contribution < -0.4 is 5.32 Å². The van der Waals surface area contributed by atoms with Crippen LogP contribution in [-0.4, -0.2) is 37.7 Å². The van der Waals surface area contributed by atoms with E-state index in [1.165, 1.54) is 17.2 Å². The molecule has 2 aromatic rings. The van der Waals surface area contributed by atoms with Crippen molar-refractivity contribution in [3.8, 4) is 0 Å². The first kappa shape index (κ1) is 17.1. The minimum atomic E-state index is -0.150. The maximum absolute atomic E-state index is 13.8. The Morgan fingerprint density at radius 1 is 1.08 bits per heavy atom. The number of ether oxygens (including phenoxy) is 1. The largest absolute Gasteiger partial charge is 0.379 e. The molecule has 1 atom stereocenters. The normalized spacial score (nSPS) is 16.9. The van der Waals surface area contributed by atoms with Gasteiger partial charge in [-0.3, -0.25) is 4.90 Å². The maximum Gasteiger partial charge on any atom is 0.127 e. The number of halogens is 1. The summed E-state index contributed by atoms with van der Waals surface area (Å²) in [4.78, 5) is 2.45. The lowest BCUT2D eigenvalue weighted by molar-refractivity contribution is 0.0161. The summed E-state index contributed by atoms with van der Waals surface area (Å²) < 4.78 is 19.3. The molecule has 24 heavy (non-hydrogen) atoms. The van der Waals surface area contributed by atoms with Crippen molar-refractivity contribution in [1.82, 2.24) is 10.2 Å². The Labute approximate surface area is 143 Å². The molecule has 0 spiro atoms. The molecule has 3 rings (SSSR count). The molecular formula is C20H25FN2O. The first-order valence-corrected chi connectivity index (χ1v) is 8.56. The zero-order chi connectivity index (χ0) is 16.8. The Hall–Kier alpha value is -1.75. The maximum atomic E-state index is 13.8. The summed E-state index contributed by atoms with van der Waals surface area (Å²) in [7, 11) is 0. The molecule has 1 fully saturated rings. The van der Waals surface area contributed by atoms with Crippen LogP contribution in [0, 0.1) is 12.7 Å². The minimum Gasteiger partial charge on any atom is -0.379 e. The number of benzene rings is 2. The number of hydrogen-bond acceptors (Lipinski definition) is 3. The molecule has 0 saturated carbocycles. The fraction of sp³-hybridized carbons (Fsp3) is 0.400. The van der Waals surface area contributed by atoms with Crippen molar-refractivity contribution >= 4 is 0 Å². The minimum absolute atomic E-state index is 0.150. The Bertz CT molecular complexity index is 638. The van der Waals surface area contributed by atoms with Gasteiger partial charge in [0, 0.05) is 37.8 Å². The predicted molar refractivity (Wildman–Crippen MR) is 94.4 cm³/mol. The van der Waals surface area contributed by atoms with Crippen molar-refractivity contribution in [3.63, 3.8) is 0 Å². The molecule has 0 radical (unpaired) electrons. The average Bonchev–Trinajstić information content (AvgIpc) is 2.62. The van der Waals surface area contributed by atoms with Gasteiger partial charge in [0.1, 0.15) is 5.82 Å². The lowest BCUT2D eigenvalue weighted by Gasteiger charge is -2.35. The SMILES string of the molecule is Cc1ccc(C(CNCc2ccccc2F)N2CCOCC2)cc1. The van der Waals surface area contributed by atoms with E-state index >= 15 is 0 Å². The molecule has 1 saturated heterocycles. The second-order valence-electron chi connectivity index (χ2n) is 6.30. The molecule has 1 aliphatic heterocycles. The molecule has 1 unspecified atom stereocenters. The molecule has 3 nitrogen and oxygen atoms in total. The zero-order valence-electron chi connectivity index (χ0n) is 14.2. The van der Waals surface area contributed by atoms with Gasteiger partial charge >= 0.3 is 0 Å². The smallest absolute Gasteiger partial charge is 0.127 e. The fourth-order valence-corrected chi connectivity index (χ4v) is 3.12. The van der Waals surface area contributed by atoms with E-state index in [1.807, 2.05) is 12.1 Å². The highest BCUT2D eigenvalue weighted by Crippen LogP contribution is 2.22. The van der Waals surface area contributed by atoms with E-state index in [0.29, 0.717) is 12.1 Å². The quantitative estimate of drug-likeness (QED) is 0.880. The molecule has 0 aliphatic carbocycles. The number of rotatable bonds is 6. The van der Waals surface area contributed by atoms with Crippen LogP contribution in [0.4, 0.5) is 4.39 Å². The summed E-state index contributed by atoms with van der Waals surface area (Å²) in [5.41, 5.74) is 3.27. The molecule has 0 aromatic heterocycles. The van der Waals surface area contributed by atoms with Gasteiger partial charge in [0.15, 0.2) is 0 Å². The lowest BCUT2D eigenvalue weighted by atomic mass is 10.0. The standard InChI is InChI=1S/C20H25FN2O/c1-16-6-8-17(9-7-16)20(23-10-12-24-13-11-23)15-22-14-18-4-2-3-5-19(18)21/h2-9,20,22H,10-15H2,1H3. The lowest BCUT2D eigenvalue weighted by Crippen LogP contribution is -2.42. The highest BCUT2D eigenvalue weighted by Gasteiger charge is 2.22. The molecule has 1 N–H and O–H groups in total. The van der Waals surface area contributed by atoms with Crippen LogP contribution in [0.25, 0.3) is 0 Å². The molecule has 4 heteroatoms. The number of aryl methyl sites for hydroxylation is 1. The van der Waals surface area contributed by atoms with E-state index in [2.05, 4.69) is 41.4 Å². The number of nitrogens with one attached hydrogen (secondary N) is 1. The second kappa shape index (κ2) is 8.38. The van der Waals surface area contributed by atoms with Gasteiger partial charge in [-0.2, -0.15) is 0 Å². The molecule has 0 amide bonds. The Kier molecular flexibility index (Phi) is 5.96. The van der Waals surface area contributed by atoms with Crippen molar-refractivity contribution in [2.24, 2.45) is 0 Å². The van der Waals surface area contributed by atoms with Gasteiger partial charge in [-0.25, -0.2) is 4.39 Å². The van der Waals surface area contributed by atoms with Crippen LogP contribution in [-0.2, 0) is 11.3 Å². The van der Waals surface area contributed by atoms with Crippen LogP contribution in [0.15, 0.2) is 48.5 Å². The summed E-state index contributed by atoms with van der Waals surface area (Å²) in [6, 6.07) is 15.9. The molecule has 128 valence electrons. The van der Waals surface area contributed by atoms with Crippen LogP contribution in [0.2, 0.25) is 0 Å². The fourth-order valence-electron chi connectivity index (χ4n) is 3.12. The van der Waals surface area contributed by atoms with Crippen LogP contribution >= 0.6 is 0 Å². The summed E-state index contributed by atoms with van der Waals surface area (Å²) in [6.07, 6.45) is 0. The summed E-state index contributed by atoms with van der Waals surface area (Å²) in [5.74, 6) is -0.150. The third-order valence-electron chi connectivity index (χ3n) is 4.56. The van der Waals surface area contributed by atoms with E-state index in [1.54, 1.807) is 6.07 Å². The Balaban J connectivity index is 1.67. The van der Waals surface area contributed by atoms with Gasteiger partial charge in [-0.15, -0.1) is 0 Å². The molecule has 1 aliphatic rings. The molecule has 0 bridgehead atoms. The second-order valence-corrected chi connectivity index (χ2v) is 6.30. The van der Waals surface area contributed by atoms with Gasteiger partial charge in [0.2, 0.25) is 0 Å². The van der Waals surface area contributed by atoms with Gasteiger partial charge < -0.3 is 10.1 Å². The Morgan fingerprint density at radius 2 is 1.79 bits per heavy atom. The van der Waals surface area contributed by atoms with E-state index in [0.717, 1.165) is 32.8 Å². The van der Waals surface area contributed by atoms with Gasteiger partial charge in [0.25, 0.3) is 0 Å². The summed E-state index contributed by atoms with van der Waals surface area (Å²) in [6.45, 7) is 6.84. The van der Waals surface area contributed by atoms with Crippen molar-refractivity contribution < 1.29 is 9.13 Å². The first-order chi connectivity index (χ1) is 11.7. The monoisotopic (exact) mass is 328 g/mol. The number of morpholine rings is 1. The van der Waals surface area contributed by atoms with Gasteiger partial charge in [0.05, 0.1) is 13.2 Å². The zero-order valence-corrected chi connectivity index (χ0v) is 14.2. The molecule has 1 heterocycles. The summed E-state index contributed by atoms with van der Waals surface area (Å²) in [5, 5.41) is 3.43. The van der Waals surface area contributed by atoms with Crippen molar-refractivity contribution in [2.75, 3.05) is 32.8 Å². The van der Waals surface area contributed by atoms with E-state index < -0.39 is 0 Å². The highest BCUT2D eigenvalue weighted by atomic mass is 19.1. The van der Waals surface area contributed by atoms with Crippen molar-refractivity contribution in [2.45, 2.75) is 19.5 Å². The van der Waals surface area contributed by atoms with Crippen LogP contribution in [0.1, 0.15) is 22.7 Å². The first-order valence-electron chi connectivity index (χ1n) is 8.56. The third kappa shape index (κ3) is 4.41. The van der Waals surface area contributed by atoms with E-state index in [4.69, 9.17) is 4.74 Å². The predicted octanol–water partition coefficient (Wildman–Crippen LogP) is 3.30.